The molecule has 1 fully saturated rings. The predicted molar refractivity (Wildman–Crippen MR) is 63.5 cm³/mol. The minimum atomic E-state index is 0.347. The number of anilines is 2. The van der Waals surface area contributed by atoms with E-state index >= 15 is 0 Å². The van der Waals surface area contributed by atoms with Crippen LogP contribution in [0.2, 0.25) is 5.02 Å². The normalized spacial score (nSPS) is 21.7. The third kappa shape index (κ3) is 2.19. The summed E-state index contributed by atoms with van der Waals surface area (Å²) in [7, 11) is 0. The van der Waals surface area contributed by atoms with Gasteiger partial charge in [0, 0.05) is 17.6 Å². The lowest BCUT2D eigenvalue weighted by atomic mass is 10.2. The Morgan fingerprint density at radius 1 is 1.53 bits per heavy atom. The summed E-state index contributed by atoms with van der Waals surface area (Å²) in [4.78, 5) is 2.24. The van der Waals surface area contributed by atoms with Crippen molar-refractivity contribution in [3.63, 3.8) is 0 Å². The number of benzene rings is 1. The van der Waals surface area contributed by atoms with Crippen LogP contribution in [0.1, 0.15) is 6.92 Å². The molecular weight excluding hydrogens is 212 g/mol. The van der Waals surface area contributed by atoms with Crippen LogP contribution in [0.25, 0.3) is 0 Å². The lowest BCUT2D eigenvalue weighted by Crippen LogP contribution is -2.44. The standard InChI is InChI=1S/C11H15ClN2O/c1-8-7-15-5-4-14(8)11-6-9(12)2-3-10(11)13/h2-3,6,8H,4-5,7,13H2,1H3. The molecule has 1 aliphatic heterocycles. The second-order valence-corrected chi connectivity index (χ2v) is 4.26. The third-order valence-corrected chi connectivity index (χ3v) is 2.90. The van der Waals surface area contributed by atoms with E-state index < -0.39 is 0 Å². The van der Waals surface area contributed by atoms with Gasteiger partial charge in [-0.2, -0.15) is 0 Å². The van der Waals surface area contributed by atoms with Crippen LogP contribution < -0.4 is 10.6 Å². The fourth-order valence-corrected chi connectivity index (χ4v) is 2.02. The summed E-state index contributed by atoms with van der Waals surface area (Å²) in [6, 6.07) is 5.92. The molecule has 2 rings (SSSR count). The quantitative estimate of drug-likeness (QED) is 0.746. The molecule has 1 aromatic rings. The van der Waals surface area contributed by atoms with Gasteiger partial charge in [0.05, 0.1) is 24.6 Å². The van der Waals surface area contributed by atoms with E-state index in [0.29, 0.717) is 6.04 Å². The molecule has 1 aromatic carbocycles. The van der Waals surface area contributed by atoms with Crippen molar-refractivity contribution in [2.75, 3.05) is 30.4 Å². The largest absolute Gasteiger partial charge is 0.397 e. The van der Waals surface area contributed by atoms with Crippen molar-refractivity contribution in [3.05, 3.63) is 23.2 Å². The first-order chi connectivity index (χ1) is 7.18. The fraction of sp³-hybridized carbons (Fsp3) is 0.455. The molecule has 0 aliphatic carbocycles. The van der Waals surface area contributed by atoms with Gasteiger partial charge in [-0.15, -0.1) is 0 Å². The van der Waals surface area contributed by atoms with Crippen molar-refractivity contribution in [2.24, 2.45) is 0 Å². The average molecular weight is 227 g/mol. The number of morpholine rings is 1. The van der Waals surface area contributed by atoms with Crippen LogP contribution in [0.5, 0.6) is 0 Å². The monoisotopic (exact) mass is 226 g/mol. The molecule has 0 radical (unpaired) electrons. The number of nitrogens with zero attached hydrogens (tertiary/aromatic N) is 1. The summed E-state index contributed by atoms with van der Waals surface area (Å²) in [5.41, 5.74) is 7.73. The Morgan fingerprint density at radius 2 is 2.33 bits per heavy atom. The summed E-state index contributed by atoms with van der Waals surface area (Å²) >= 11 is 5.97. The van der Waals surface area contributed by atoms with Crippen molar-refractivity contribution < 1.29 is 4.74 Å². The fourth-order valence-electron chi connectivity index (χ4n) is 1.85. The zero-order valence-electron chi connectivity index (χ0n) is 8.74. The van der Waals surface area contributed by atoms with E-state index in [4.69, 9.17) is 22.1 Å². The SMILES string of the molecule is CC1COCCN1c1cc(Cl)ccc1N. The third-order valence-electron chi connectivity index (χ3n) is 2.67. The Labute approximate surface area is 94.8 Å². The van der Waals surface area contributed by atoms with Gasteiger partial charge in [0.1, 0.15) is 0 Å². The van der Waals surface area contributed by atoms with E-state index in [1.807, 2.05) is 18.2 Å². The number of hydrogen-bond acceptors (Lipinski definition) is 3. The van der Waals surface area contributed by atoms with Crippen LogP contribution in [0.3, 0.4) is 0 Å². The Morgan fingerprint density at radius 3 is 3.07 bits per heavy atom. The zero-order valence-corrected chi connectivity index (χ0v) is 9.50. The predicted octanol–water partition coefficient (Wildman–Crippen LogP) is 2.15. The first-order valence-electron chi connectivity index (χ1n) is 5.08. The highest BCUT2D eigenvalue weighted by atomic mass is 35.5. The minimum Gasteiger partial charge on any atom is -0.397 e. The topological polar surface area (TPSA) is 38.5 Å². The van der Waals surface area contributed by atoms with E-state index in [9.17, 15) is 0 Å². The van der Waals surface area contributed by atoms with E-state index in [2.05, 4.69) is 11.8 Å². The van der Waals surface area contributed by atoms with Crippen molar-refractivity contribution in [1.82, 2.24) is 0 Å². The molecule has 2 N–H and O–H groups in total. The summed E-state index contributed by atoms with van der Waals surface area (Å²) < 4.78 is 5.39. The highest BCUT2D eigenvalue weighted by Crippen LogP contribution is 2.29. The van der Waals surface area contributed by atoms with Gasteiger partial charge in [0.25, 0.3) is 0 Å². The number of nitrogens with two attached hydrogens (primary N) is 1. The number of rotatable bonds is 1. The molecular formula is C11H15ClN2O. The Balaban J connectivity index is 2.30. The second-order valence-electron chi connectivity index (χ2n) is 3.82. The summed E-state index contributed by atoms with van der Waals surface area (Å²) in [5, 5.41) is 0.720. The Kier molecular flexibility index (Phi) is 3.03. The molecule has 4 heteroatoms. The van der Waals surface area contributed by atoms with Crippen LogP contribution in [0, 0.1) is 0 Å². The number of hydrogen-bond donors (Lipinski definition) is 1. The lowest BCUT2D eigenvalue weighted by molar-refractivity contribution is 0.0990. The minimum absolute atomic E-state index is 0.347. The molecule has 1 saturated heterocycles. The van der Waals surface area contributed by atoms with Crippen LogP contribution in [-0.4, -0.2) is 25.8 Å². The zero-order chi connectivity index (χ0) is 10.8. The van der Waals surface area contributed by atoms with Crippen molar-refractivity contribution in [1.29, 1.82) is 0 Å². The van der Waals surface area contributed by atoms with Crippen molar-refractivity contribution >= 4 is 23.0 Å². The van der Waals surface area contributed by atoms with Gasteiger partial charge in [-0.05, 0) is 25.1 Å². The molecule has 1 heterocycles. The number of ether oxygens (including phenoxy) is 1. The van der Waals surface area contributed by atoms with Crippen molar-refractivity contribution in [3.8, 4) is 0 Å². The van der Waals surface area contributed by atoms with Crippen LogP contribution >= 0.6 is 11.6 Å². The number of nitrogen functional groups attached to an aromatic ring is 1. The molecule has 0 amide bonds. The maximum absolute atomic E-state index is 5.97. The van der Waals surface area contributed by atoms with E-state index in [1.165, 1.54) is 0 Å². The molecule has 1 unspecified atom stereocenters. The molecule has 0 bridgehead atoms. The highest BCUT2D eigenvalue weighted by molar-refractivity contribution is 6.31. The van der Waals surface area contributed by atoms with Crippen molar-refractivity contribution in [2.45, 2.75) is 13.0 Å². The summed E-state index contributed by atoms with van der Waals surface area (Å²) in [6.07, 6.45) is 0. The summed E-state index contributed by atoms with van der Waals surface area (Å²) in [5.74, 6) is 0. The molecule has 0 spiro atoms. The lowest BCUT2D eigenvalue weighted by Gasteiger charge is -2.36. The second kappa shape index (κ2) is 4.29. The maximum atomic E-state index is 5.97. The first kappa shape index (κ1) is 10.6. The summed E-state index contributed by atoms with van der Waals surface area (Å²) in [6.45, 7) is 4.48. The molecule has 82 valence electrons. The van der Waals surface area contributed by atoms with E-state index in [1.54, 1.807) is 0 Å². The first-order valence-corrected chi connectivity index (χ1v) is 5.45. The molecule has 0 aromatic heterocycles. The van der Waals surface area contributed by atoms with Crippen LogP contribution in [-0.2, 0) is 4.74 Å². The van der Waals surface area contributed by atoms with E-state index in [-0.39, 0.29) is 0 Å². The van der Waals surface area contributed by atoms with Gasteiger partial charge < -0.3 is 15.4 Å². The van der Waals surface area contributed by atoms with Gasteiger partial charge in [-0.1, -0.05) is 11.6 Å². The number of halogens is 1. The van der Waals surface area contributed by atoms with E-state index in [0.717, 1.165) is 36.2 Å². The molecule has 3 nitrogen and oxygen atoms in total. The van der Waals surface area contributed by atoms with Crippen LogP contribution in [0.15, 0.2) is 18.2 Å². The molecule has 0 saturated carbocycles. The molecule has 1 atom stereocenters. The molecule has 1 aliphatic rings. The Bertz CT molecular complexity index is 356. The smallest absolute Gasteiger partial charge is 0.0668 e. The maximum Gasteiger partial charge on any atom is 0.0668 e. The van der Waals surface area contributed by atoms with Crippen LogP contribution in [0.4, 0.5) is 11.4 Å². The highest BCUT2D eigenvalue weighted by Gasteiger charge is 2.20. The Hall–Kier alpha value is -0.930. The van der Waals surface area contributed by atoms with Gasteiger partial charge in [-0.3, -0.25) is 0 Å². The van der Waals surface area contributed by atoms with Gasteiger partial charge in [-0.25, -0.2) is 0 Å². The molecule has 15 heavy (non-hydrogen) atoms. The van der Waals surface area contributed by atoms with Gasteiger partial charge in [0.2, 0.25) is 0 Å². The van der Waals surface area contributed by atoms with Gasteiger partial charge >= 0.3 is 0 Å². The average Bonchev–Trinajstić information content (AvgIpc) is 2.23. The van der Waals surface area contributed by atoms with Gasteiger partial charge in [0.15, 0.2) is 0 Å².